The summed E-state index contributed by atoms with van der Waals surface area (Å²) >= 11 is 1.000. The van der Waals surface area contributed by atoms with Crippen LogP contribution in [0.4, 0.5) is 13.2 Å². The summed E-state index contributed by atoms with van der Waals surface area (Å²) in [6.07, 6.45) is -2.35. The molecule has 6 nitrogen and oxygen atoms in total. The Kier molecular flexibility index (Phi) is 7.19. The van der Waals surface area contributed by atoms with Gasteiger partial charge < -0.3 is 15.4 Å². The monoisotopic (exact) mass is 387 g/mol. The third-order valence-electron chi connectivity index (χ3n) is 3.25. The van der Waals surface area contributed by atoms with Gasteiger partial charge in [-0.2, -0.15) is 13.2 Å². The summed E-state index contributed by atoms with van der Waals surface area (Å²) < 4.78 is 42.9. The summed E-state index contributed by atoms with van der Waals surface area (Å²) in [5.74, 6) is 1.10. The van der Waals surface area contributed by atoms with E-state index in [1.165, 1.54) is 0 Å². The molecule has 2 N–H and O–H groups in total. The van der Waals surface area contributed by atoms with Gasteiger partial charge in [-0.15, -0.1) is 11.3 Å². The van der Waals surface area contributed by atoms with Gasteiger partial charge in [0.25, 0.3) is 0 Å². The van der Waals surface area contributed by atoms with Crippen molar-refractivity contribution in [2.24, 2.45) is 4.99 Å². The van der Waals surface area contributed by atoms with Crippen LogP contribution in [0.5, 0.6) is 5.88 Å². The molecule has 26 heavy (non-hydrogen) atoms. The van der Waals surface area contributed by atoms with Crippen LogP contribution in [0.3, 0.4) is 0 Å². The first-order chi connectivity index (χ1) is 12.4. The minimum absolute atomic E-state index is 0.380. The predicted molar refractivity (Wildman–Crippen MR) is 94.4 cm³/mol. The van der Waals surface area contributed by atoms with E-state index in [-0.39, 0.29) is 0 Å². The van der Waals surface area contributed by atoms with Crippen molar-refractivity contribution >= 4 is 17.3 Å². The number of ether oxygens (including phenoxy) is 1. The van der Waals surface area contributed by atoms with Gasteiger partial charge in [0.1, 0.15) is 0 Å². The number of aromatic nitrogens is 2. The van der Waals surface area contributed by atoms with Crippen LogP contribution in [0, 0.1) is 0 Å². The van der Waals surface area contributed by atoms with E-state index in [0.29, 0.717) is 43.0 Å². The van der Waals surface area contributed by atoms with Gasteiger partial charge in [-0.05, 0) is 18.6 Å². The first-order valence-electron chi connectivity index (χ1n) is 7.96. The second-order valence-corrected chi connectivity index (χ2v) is 6.10. The Morgan fingerprint density at radius 3 is 2.81 bits per heavy atom. The van der Waals surface area contributed by atoms with E-state index in [1.807, 2.05) is 19.1 Å². The lowest BCUT2D eigenvalue weighted by molar-refractivity contribution is -0.140. The molecule has 0 unspecified atom stereocenters. The summed E-state index contributed by atoms with van der Waals surface area (Å²) in [5, 5.41) is 7.64. The molecule has 0 atom stereocenters. The number of alkyl halides is 3. The number of pyridine rings is 1. The van der Waals surface area contributed by atoms with Crippen LogP contribution in [0.25, 0.3) is 0 Å². The zero-order valence-electron chi connectivity index (χ0n) is 14.4. The number of nitrogens with zero attached hydrogens (tertiary/aromatic N) is 3. The first-order valence-corrected chi connectivity index (χ1v) is 8.84. The molecular formula is C16H20F3N5OS. The molecule has 0 aliphatic rings. The molecule has 2 aromatic heterocycles. The normalized spacial score (nSPS) is 12.1. The second-order valence-electron chi connectivity index (χ2n) is 5.16. The maximum atomic E-state index is 12.5. The van der Waals surface area contributed by atoms with Crippen molar-refractivity contribution in [2.45, 2.75) is 26.1 Å². The standard InChI is InChI=1S/C16H20F3N5OS/c1-3-25-13-8-11(4-6-21-13)9-23-15(20-2)22-7-5-14-24-12(10-26-14)16(17,18)19/h4,6,8,10H,3,5,7,9H2,1-2H3,(H2,20,22,23). The van der Waals surface area contributed by atoms with Gasteiger partial charge >= 0.3 is 6.18 Å². The van der Waals surface area contributed by atoms with Crippen molar-refractivity contribution in [3.05, 3.63) is 40.0 Å². The van der Waals surface area contributed by atoms with E-state index in [1.54, 1.807) is 13.2 Å². The van der Waals surface area contributed by atoms with E-state index in [2.05, 4.69) is 25.6 Å². The molecule has 0 aliphatic heterocycles. The quantitative estimate of drug-likeness (QED) is 0.565. The molecule has 2 rings (SSSR count). The van der Waals surface area contributed by atoms with Crippen molar-refractivity contribution in [1.82, 2.24) is 20.6 Å². The zero-order chi connectivity index (χ0) is 19.0. The van der Waals surface area contributed by atoms with Gasteiger partial charge in [-0.25, -0.2) is 9.97 Å². The maximum Gasteiger partial charge on any atom is 0.434 e. The number of hydrogen-bond donors (Lipinski definition) is 2. The SMILES string of the molecule is CCOc1cc(CNC(=NC)NCCc2nc(C(F)(F)F)cs2)ccn1. The van der Waals surface area contributed by atoms with Crippen LogP contribution in [-0.2, 0) is 19.1 Å². The fourth-order valence-electron chi connectivity index (χ4n) is 2.04. The molecule has 0 bridgehead atoms. The zero-order valence-corrected chi connectivity index (χ0v) is 15.2. The summed E-state index contributed by atoms with van der Waals surface area (Å²) in [6.45, 7) is 3.36. The van der Waals surface area contributed by atoms with E-state index in [4.69, 9.17) is 4.74 Å². The highest BCUT2D eigenvalue weighted by Crippen LogP contribution is 2.29. The summed E-state index contributed by atoms with van der Waals surface area (Å²) in [7, 11) is 1.62. The van der Waals surface area contributed by atoms with Gasteiger partial charge in [0.15, 0.2) is 11.7 Å². The van der Waals surface area contributed by atoms with Gasteiger partial charge in [0, 0.05) is 44.2 Å². The molecule has 0 saturated heterocycles. The summed E-state index contributed by atoms with van der Waals surface area (Å²) in [6, 6.07) is 3.69. The molecule has 142 valence electrons. The molecule has 0 fully saturated rings. The van der Waals surface area contributed by atoms with Gasteiger partial charge in [-0.1, -0.05) is 0 Å². The Bertz CT molecular complexity index is 733. The van der Waals surface area contributed by atoms with Crippen molar-refractivity contribution in [3.63, 3.8) is 0 Å². The highest BCUT2D eigenvalue weighted by atomic mass is 32.1. The number of rotatable bonds is 7. The fraction of sp³-hybridized carbons (Fsp3) is 0.438. The average Bonchev–Trinajstić information content (AvgIpc) is 3.08. The molecule has 0 aliphatic carbocycles. The Labute approximate surface area is 153 Å². The number of guanidine groups is 1. The fourth-order valence-corrected chi connectivity index (χ4v) is 2.84. The number of aliphatic imine (C=N–C) groups is 1. The minimum atomic E-state index is -4.40. The van der Waals surface area contributed by atoms with Crippen LogP contribution >= 0.6 is 11.3 Å². The van der Waals surface area contributed by atoms with Gasteiger partial charge in [-0.3, -0.25) is 4.99 Å². The number of hydrogen-bond acceptors (Lipinski definition) is 5. The number of nitrogens with one attached hydrogen (secondary N) is 2. The van der Waals surface area contributed by atoms with E-state index in [0.717, 1.165) is 22.3 Å². The van der Waals surface area contributed by atoms with Crippen LogP contribution < -0.4 is 15.4 Å². The minimum Gasteiger partial charge on any atom is -0.478 e. The molecule has 0 saturated carbocycles. The van der Waals surface area contributed by atoms with E-state index < -0.39 is 11.9 Å². The molecule has 10 heteroatoms. The third kappa shape index (κ3) is 6.17. The Balaban J connectivity index is 1.79. The third-order valence-corrected chi connectivity index (χ3v) is 4.16. The molecule has 2 heterocycles. The lowest BCUT2D eigenvalue weighted by atomic mass is 10.2. The van der Waals surface area contributed by atoms with Crippen molar-refractivity contribution in [2.75, 3.05) is 20.2 Å². The molecule has 0 spiro atoms. The summed E-state index contributed by atoms with van der Waals surface area (Å²) in [4.78, 5) is 11.8. The maximum absolute atomic E-state index is 12.5. The smallest absolute Gasteiger partial charge is 0.434 e. The van der Waals surface area contributed by atoms with Crippen LogP contribution in [0.2, 0.25) is 0 Å². The molecule has 2 aromatic rings. The summed E-state index contributed by atoms with van der Waals surface area (Å²) in [5.41, 5.74) is 0.129. The van der Waals surface area contributed by atoms with E-state index in [9.17, 15) is 13.2 Å². The Morgan fingerprint density at radius 1 is 1.35 bits per heavy atom. The van der Waals surface area contributed by atoms with Crippen LogP contribution in [-0.4, -0.2) is 36.1 Å². The second kappa shape index (κ2) is 9.37. The van der Waals surface area contributed by atoms with Gasteiger partial charge in [0.2, 0.25) is 5.88 Å². The first kappa shape index (κ1) is 20.0. The number of halogens is 3. The highest BCUT2D eigenvalue weighted by molar-refractivity contribution is 7.09. The lowest BCUT2D eigenvalue weighted by Gasteiger charge is -2.12. The largest absolute Gasteiger partial charge is 0.478 e. The molecule has 0 aromatic carbocycles. The highest BCUT2D eigenvalue weighted by Gasteiger charge is 2.33. The van der Waals surface area contributed by atoms with Crippen molar-refractivity contribution in [3.8, 4) is 5.88 Å². The Morgan fingerprint density at radius 2 is 2.15 bits per heavy atom. The van der Waals surface area contributed by atoms with Crippen molar-refractivity contribution < 1.29 is 17.9 Å². The lowest BCUT2D eigenvalue weighted by Crippen LogP contribution is -2.37. The molecule has 0 radical (unpaired) electrons. The Hall–Kier alpha value is -2.36. The van der Waals surface area contributed by atoms with Crippen LogP contribution in [0.1, 0.15) is 23.2 Å². The predicted octanol–water partition coefficient (Wildman–Crippen LogP) is 2.86. The number of thiazole rings is 1. The topological polar surface area (TPSA) is 71.4 Å². The van der Waals surface area contributed by atoms with Crippen LogP contribution in [0.15, 0.2) is 28.7 Å². The molecular weight excluding hydrogens is 367 g/mol. The van der Waals surface area contributed by atoms with E-state index >= 15 is 0 Å². The average molecular weight is 387 g/mol. The van der Waals surface area contributed by atoms with Gasteiger partial charge in [0.05, 0.1) is 11.6 Å². The van der Waals surface area contributed by atoms with Crippen molar-refractivity contribution in [1.29, 1.82) is 0 Å². The molecule has 0 amide bonds.